The van der Waals surface area contributed by atoms with Crippen LogP contribution < -0.4 is 0 Å². The van der Waals surface area contributed by atoms with Crippen LogP contribution in [0.2, 0.25) is 0 Å². The van der Waals surface area contributed by atoms with Crippen LogP contribution in [0, 0.1) is 0 Å². The molecule has 0 spiro atoms. The lowest BCUT2D eigenvalue weighted by Crippen LogP contribution is -2.37. The minimum atomic E-state index is -4.36. The number of hydrogen-bond acceptors (Lipinski definition) is 7. The van der Waals surface area contributed by atoms with Crippen LogP contribution in [0.3, 0.4) is 0 Å². The number of phosphoric acid groups is 1. The average molecular weight is 885 g/mol. The van der Waals surface area contributed by atoms with Gasteiger partial charge < -0.3 is 18.9 Å². The van der Waals surface area contributed by atoms with Crippen LogP contribution in [-0.4, -0.2) is 74.9 Å². The molecule has 0 bridgehead atoms. The van der Waals surface area contributed by atoms with Crippen LogP contribution in [0.25, 0.3) is 0 Å². The Morgan fingerprint density at radius 1 is 0.508 bits per heavy atom. The Morgan fingerprint density at radius 2 is 0.885 bits per heavy atom. The number of esters is 2. The summed E-state index contributed by atoms with van der Waals surface area (Å²) >= 11 is 0. The van der Waals surface area contributed by atoms with Gasteiger partial charge in [0.25, 0.3) is 0 Å². The number of carbonyl (C=O) groups excluding carboxylic acids is 2. The van der Waals surface area contributed by atoms with Crippen molar-refractivity contribution in [3.63, 3.8) is 0 Å². The topological polar surface area (TPSA) is 108 Å². The van der Waals surface area contributed by atoms with Gasteiger partial charge in [0.05, 0.1) is 27.7 Å². The molecule has 0 aliphatic rings. The molecule has 0 saturated carbocycles. The Bertz CT molecular complexity index is 1090. The van der Waals surface area contributed by atoms with Gasteiger partial charge >= 0.3 is 19.8 Å². The first-order chi connectivity index (χ1) is 29.5. The first kappa shape index (κ1) is 59.5. The first-order valence-corrected chi connectivity index (χ1v) is 27.1. The molecule has 0 saturated heterocycles. The van der Waals surface area contributed by atoms with Crippen molar-refractivity contribution in [2.24, 2.45) is 0 Å². The number of nitrogens with zero attached hydrogens (tertiary/aromatic N) is 1. The van der Waals surface area contributed by atoms with Crippen LogP contribution in [0.4, 0.5) is 0 Å². The number of likely N-dealkylation sites (N-methyl/N-ethyl adjacent to an activating group) is 1. The zero-order valence-electron chi connectivity index (χ0n) is 40.7. The highest BCUT2D eigenvalue weighted by molar-refractivity contribution is 7.47. The smallest absolute Gasteiger partial charge is 0.462 e. The molecule has 0 fully saturated rings. The SMILES string of the molecule is CCCCCCC/C=C\C/C=C\CCCCCCCCCCCCCCCCCCCCCC(=O)OC(COC(=O)CCCCCCCC)COP(=O)(O)OCC[N+](C)(C)C. The van der Waals surface area contributed by atoms with Crippen molar-refractivity contribution in [3.8, 4) is 0 Å². The van der Waals surface area contributed by atoms with Gasteiger partial charge in [-0.3, -0.25) is 18.6 Å². The van der Waals surface area contributed by atoms with Crippen molar-refractivity contribution >= 4 is 19.8 Å². The number of quaternary nitrogens is 1. The maximum Gasteiger partial charge on any atom is 0.472 e. The van der Waals surface area contributed by atoms with Gasteiger partial charge in [0.15, 0.2) is 6.10 Å². The first-order valence-electron chi connectivity index (χ1n) is 25.6. The minimum absolute atomic E-state index is 0.0344. The quantitative estimate of drug-likeness (QED) is 0.0212. The summed E-state index contributed by atoms with van der Waals surface area (Å²) in [6.45, 7) is 4.37. The molecule has 0 aromatic carbocycles. The molecule has 0 aliphatic heterocycles. The minimum Gasteiger partial charge on any atom is -0.462 e. The summed E-state index contributed by atoms with van der Waals surface area (Å²) in [5, 5.41) is 0. The fourth-order valence-corrected chi connectivity index (χ4v) is 7.96. The number of ether oxygens (including phenoxy) is 2. The van der Waals surface area contributed by atoms with Crippen LogP contribution >= 0.6 is 7.82 Å². The van der Waals surface area contributed by atoms with Gasteiger partial charge in [-0.1, -0.05) is 205 Å². The molecule has 1 N–H and O–H groups in total. The lowest BCUT2D eigenvalue weighted by atomic mass is 10.0. The lowest BCUT2D eigenvalue weighted by molar-refractivity contribution is -0.870. The van der Waals surface area contributed by atoms with Gasteiger partial charge in [-0.25, -0.2) is 4.57 Å². The molecule has 2 atom stereocenters. The molecule has 10 heteroatoms. The zero-order valence-corrected chi connectivity index (χ0v) is 41.6. The van der Waals surface area contributed by atoms with Crippen LogP contribution in [0.1, 0.15) is 239 Å². The van der Waals surface area contributed by atoms with E-state index in [2.05, 4.69) is 38.2 Å². The molecule has 0 amide bonds. The Labute approximate surface area is 377 Å². The molecule has 0 aromatic heterocycles. The van der Waals surface area contributed by atoms with E-state index in [1.165, 1.54) is 161 Å². The van der Waals surface area contributed by atoms with Gasteiger partial charge in [-0.05, 0) is 44.9 Å². The van der Waals surface area contributed by atoms with E-state index >= 15 is 0 Å². The second-order valence-electron chi connectivity index (χ2n) is 18.6. The molecule has 0 heterocycles. The monoisotopic (exact) mass is 885 g/mol. The van der Waals surface area contributed by atoms with E-state index < -0.39 is 26.5 Å². The number of rotatable bonds is 47. The average Bonchev–Trinajstić information content (AvgIpc) is 3.21. The van der Waals surface area contributed by atoms with Gasteiger partial charge in [-0.15, -0.1) is 0 Å². The summed E-state index contributed by atoms with van der Waals surface area (Å²) in [5.74, 6) is -0.798. The maximum atomic E-state index is 12.7. The standard InChI is InChI=1S/C51H98NO8P/c1-6-8-10-12-14-15-16-17-18-19-20-21-22-23-24-25-26-27-28-29-30-31-32-33-34-35-36-37-38-40-42-44-51(54)60-49(47-57-50(53)43-41-39-13-11-9-7-2)48-59-61(55,56)58-46-45-52(3,4)5/h16-17,19-20,49H,6-15,18,21-48H2,1-5H3/p+1/b17-16-,20-19-. The van der Waals surface area contributed by atoms with E-state index in [1.54, 1.807) is 0 Å². The summed E-state index contributed by atoms with van der Waals surface area (Å²) in [4.78, 5) is 35.2. The highest BCUT2D eigenvalue weighted by Gasteiger charge is 2.27. The molecule has 0 rings (SSSR count). The summed E-state index contributed by atoms with van der Waals surface area (Å²) in [5.41, 5.74) is 0. The van der Waals surface area contributed by atoms with E-state index in [0.717, 1.165) is 44.9 Å². The molecule has 0 aromatic rings. The second-order valence-corrected chi connectivity index (χ2v) is 20.0. The lowest BCUT2D eigenvalue weighted by Gasteiger charge is -2.24. The molecule has 0 aliphatic carbocycles. The number of allylic oxidation sites excluding steroid dienone is 4. The van der Waals surface area contributed by atoms with Crippen molar-refractivity contribution in [3.05, 3.63) is 24.3 Å². The van der Waals surface area contributed by atoms with Crippen LogP contribution in [0.15, 0.2) is 24.3 Å². The maximum absolute atomic E-state index is 12.7. The number of hydrogen-bond donors (Lipinski definition) is 1. The number of carbonyl (C=O) groups is 2. The third-order valence-corrected chi connectivity index (χ3v) is 12.2. The predicted molar refractivity (Wildman–Crippen MR) is 257 cm³/mol. The molecule has 360 valence electrons. The van der Waals surface area contributed by atoms with Crippen molar-refractivity contribution in [1.82, 2.24) is 0 Å². The predicted octanol–water partition coefficient (Wildman–Crippen LogP) is 15.1. The second kappa shape index (κ2) is 43.7. The molecule has 2 unspecified atom stereocenters. The number of unbranched alkanes of at least 4 members (excludes halogenated alkanes) is 29. The van der Waals surface area contributed by atoms with Crippen molar-refractivity contribution in [2.75, 3.05) is 47.5 Å². The molecule has 9 nitrogen and oxygen atoms in total. The summed E-state index contributed by atoms with van der Waals surface area (Å²) < 4.78 is 34.2. The van der Waals surface area contributed by atoms with Crippen LogP contribution in [-0.2, 0) is 32.7 Å². The summed E-state index contributed by atoms with van der Waals surface area (Å²) in [7, 11) is 1.49. The molecular formula is C51H99NO8P+. The Kier molecular flexibility index (Phi) is 42.6. The summed E-state index contributed by atoms with van der Waals surface area (Å²) in [6.07, 6.45) is 50.0. The van der Waals surface area contributed by atoms with Gasteiger partial charge in [-0.2, -0.15) is 0 Å². The van der Waals surface area contributed by atoms with Gasteiger partial charge in [0.1, 0.15) is 19.8 Å². The largest absolute Gasteiger partial charge is 0.472 e. The third kappa shape index (κ3) is 47.8. The third-order valence-electron chi connectivity index (χ3n) is 11.2. The highest BCUT2D eigenvalue weighted by atomic mass is 31.2. The normalized spacial score (nSPS) is 13.6. The van der Waals surface area contributed by atoms with Crippen molar-refractivity contribution in [2.45, 2.75) is 245 Å². The van der Waals surface area contributed by atoms with Crippen molar-refractivity contribution in [1.29, 1.82) is 0 Å². The number of phosphoric ester groups is 1. The zero-order chi connectivity index (χ0) is 45.0. The van der Waals surface area contributed by atoms with E-state index in [-0.39, 0.29) is 32.0 Å². The molecule has 61 heavy (non-hydrogen) atoms. The van der Waals surface area contributed by atoms with E-state index in [1.807, 2.05) is 21.1 Å². The van der Waals surface area contributed by atoms with Crippen LogP contribution in [0.5, 0.6) is 0 Å². The van der Waals surface area contributed by atoms with Crippen molar-refractivity contribution < 1.29 is 42.1 Å². The van der Waals surface area contributed by atoms with E-state index in [0.29, 0.717) is 17.4 Å². The Morgan fingerprint density at radius 3 is 1.30 bits per heavy atom. The fraction of sp³-hybridized carbons (Fsp3) is 0.882. The summed E-state index contributed by atoms with van der Waals surface area (Å²) in [6, 6.07) is 0. The Balaban J connectivity index is 3.89. The van der Waals surface area contributed by atoms with Gasteiger partial charge in [0, 0.05) is 12.8 Å². The fourth-order valence-electron chi connectivity index (χ4n) is 7.22. The molecular weight excluding hydrogens is 786 g/mol. The van der Waals surface area contributed by atoms with Gasteiger partial charge in [0.2, 0.25) is 0 Å². The Hall–Kier alpha value is -1.51. The highest BCUT2D eigenvalue weighted by Crippen LogP contribution is 2.43. The molecule has 0 radical (unpaired) electrons. The van der Waals surface area contributed by atoms with E-state index in [9.17, 15) is 19.0 Å². The van der Waals surface area contributed by atoms with E-state index in [4.69, 9.17) is 18.5 Å².